The molecule has 82 valence electrons. The van der Waals surface area contributed by atoms with Crippen LogP contribution in [-0.4, -0.2) is 15.0 Å². The second kappa shape index (κ2) is 4.01. The lowest BCUT2D eigenvalue weighted by Gasteiger charge is -2.05. The summed E-state index contributed by atoms with van der Waals surface area (Å²) in [6.45, 7) is 2.00. The molecule has 16 heavy (non-hydrogen) atoms. The molecule has 0 amide bonds. The van der Waals surface area contributed by atoms with Crippen molar-refractivity contribution in [2.45, 2.75) is 6.92 Å². The molecule has 6 nitrogen and oxygen atoms in total. The van der Waals surface area contributed by atoms with Gasteiger partial charge in [0, 0.05) is 5.69 Å². The van der Waals surface area contributed by atoms with Crippen LogP contribution in [0.3, 0.4) is 0 Å². The largest absolute Gasteiger partial charge is 0.368 e. The first kappa shape index (κ1) is 10.2. The number of nitrogens with two attached hydrogens (primary N) is 2. The third-order valence-corrected chi connectivity index (χ3v) is 1.94. The lowest BCUT2D eigenvalue weighted by Crippen LogP contribution is -2.06. The molecule has 0 spiro atoms. The van der Waals surface area contributed by atoms with Gasteiger partial charge in [-0.1, -0.05) is 12.1 Å². The van der Waals surface area contributed by atoms with Gasteiger partial charge in [0.1, 0.15) is 0 Å². The smallest absolute Gasteiger partial charge is 0.233 e. The number of nitrogens with one attached hydrogen (secondary N) is 1. The maximum atomic E-state index is 5.46. The number of nitrogens with zero attached hydrogens (tertiary/aromatic N) is 3. The second-order valence-corrected chi connectivity index (χ2v) is 3.37. The molecule has 0 bridgehead atoms. The highest BCUT2D eigenvalue weighted by molar-refractivity contribution is 5.55. The van der Waals surface area contributed by atoms with Gasteiger partial charge in [-0.25, -0.2) is 0 Å². The van der Waals surface area contributed by atoms with Crippen molar-refractivity contribution in [1.82, 2.24) is 15.0 Å². The van der Waals surface area contributed by atoms with Gasteiger partial charge >= 0.3 is 0 Å². The average Bonchev–Trinajstić information content (AvgIpc) is 2.15. The van der Waals surface area contributed by atoms with Gasteiger partial charge in [-0.05, 0) is 24.6 Å². The van der Waals surface area contributed by atoms with E-state index in [0.29, 0.717) is 5.95 Å². The Bertz CT molecular complexity index is 490. The van der Waals surface area contributed by atoms with E-state index in [4.69, 9.17) is 11.5 Å². The molecule has 0 saturated carbocycles. The van der Waals surface area contributed by atoms with Gasteiger partial charge in [-0.2, -0.15) is 15.0 Å². The van der Waals surface area contributed by atoms with Crippen LogP contribution in [-0.2, 0) is 0 Å². The van der Waals surface area contributed by atoms with E-state index in [1.54, 1.807) is 0 Å². The van der Waals surface area contributed by atoms with E-state index in [-0.39, 0.29) is 11.9 Å². The first-order valence-electron chi connectivity index (χ1n) is 4.74. The fourth-order valence-electron chi connectivity index (χ4n) is 1.32. The van der Waals surface area contributed by atoms with Crippen LogP contribution in [0.4, 0.5) is 23.5 Å². The quantitative estimate of drug-likeness (QED) is 0.694. The molecule has 1 heterocycles. The number of aryl methyl sites for hydroxylation is 1. The fourth-order valence-corrected chi connectivity index (χ4v) is 1.32. The summed E-state index contributed by atoms with van der Waals surface area (Å²) < 4.78 is 0. The lowest BCUT2D eigenvalue weighted by molar-refractivity contribution is 1.08. The normalized spacial score (nSPS) is 10.1. The molecule has 0 atom stereocenters. The van der Waals surface area contributed by atoms with E-state index in [2.05, 4.69) is 20.3 Å². The Balaban J connectivity index is 2.27. The molecular formula is C10H12N6. The summed E-state index contributed by atoms with van der Waals surface area (Å²) in [4.78, 5) is 11.5. The van der Waals surface area contributed by atoms with Crippen molar-refractivity contribution >= 4 is 23.5 Å². The number of hydrogen-bond acceptors (Lipinski definition) is 6. The number of aromatic nitrogens is 3. The minimum Gasteiger partial charge on any atom is -0.368 e. The molecule has 6 heteroatoms. The first-order chi connectivity index (χ1) is 7.63. The van der Waals surface area contributed by atoms with Crippen LogP contribution >= 0.6 is 0 Å². The van der Waals surface area contributed by atoms with E-state index in [1.807, 2.05) is 31.2 Å². The number of nitrogen functional groups attached to an aromatic ring is 2. The van der Waals surface area contributed by atoms with E-state index in [9.17, 15) is 0 Å². The van der Waals surface area contributed by atoms with Gasteiger partial charge in [-0.15, -0.1) is 0 Å². The van der Waals surface area contributed by atoms with Crippen LogP contribution in [0.2, 0.25) is 0 Å². The van der Waals surface area contributed by atoms with Crippen molar-refractivity contribution in [2.75, 3.05) is 16.8 Å². The van der Waals surface area contributed by atoms with Crippen LogP contribution < -0.4 is 16.8 Å². The van der Waals surface area contributed by atoms with Crippen molar-refractivity contribution in [1.29, 1.82) is 0 Å². The van der Waals surface area contributed by atoms with E-state index in [0.717, 1.165) is 11.3 Å². The summed E-state index contributed by atoms with van der Waals surface area (Å²) in [6, 6.07) is 7.81. The van der Waals surface area contributed by atoms with Crippen molar-refractivity contribution in [3.63, 3.8) is 0 Å². The van der Waals surface area contributed by atoms with Crippen LogP contribution in [0.25, 0.3) is 0 Å². The Morgan fingerprint density at radius 3 is 2.38 bits per heavy atom. The fraction of sp³-hybridized carbons (Fsp3) is 0.100. The molecule has 2 aromatic rings. The van der Waals surface area contributed by atoms with Gasteiger partial charge in [0.15, 0.2) is 0 Å². The van der Waals surface area contributed by atoms with Gasteiger partial charge in [0.25, 0.3) is 0 Å². The van der Waals surface area contributed by atoms with Crippen molar-refractivity contribution < 1.29 is 0 Å². The maximum Gasteiger partial charge on any atom is 0.233 e. The highest BCUT2D eigenvalue weighted by Gasteiger charge is 2.01. The molecule has 2 rings (SSSR count). The Morgan fingerprint density at radius 1 is 1.06 bits per heavy atom. The molecule has 0 aliphatic heterocycles. The molecular weight excluding hydrogens is 204 g/mol. The van der Waals surface area contributed by atoms with Crippen molar-refractivity contribution in [2.24, 2.45) is 0 Å². The molecule has 0 aliphatic carbocycles. The van der Waals surface area contributed by atoms with Crippen LogP contribution in [0.15, 0.2) is 24.3 Å². The highest BCUT2D eigenvalue weighted by atomic mass is 15.2. The van der Waals surface area contributed by atoms with E-state index in [1.165, 1.54) is 0 Å². The van der Waals surface area contributed by atoms with E-state index >= 15 is 0 Å². The molecule has 0 aliphatic rings. The van der Waals surface area contributed by atoms with Gasteiger partial charge in [-0.3, -0.25) is 0 Å². The Labute approximate surface area is 92.7 Å². The summed E-state index contributed by atoms with van der Waals surface area (Å²) in [5, 5.41) is 3.00. The molecule has 1 aromatic heterocycles. The topological polar surface area (TPSA) is 103 Å². The first-order valence-corrected chi connectivity index (χ1v) is 4.74. The molecule has 5 N–H and O–H groups in total. The molecule has 0 radical (unpaired) electrons. The summed E-state index contributed by atoms with van der Waals surface area (Å²) in [5.41, 5.74) is 12.9. The molecule has 0 unspecified atom stereocenters. The highest BCUT2D eigenvalue weighted by Crippen LogP contribution is 2.14. The van der Waals surface area contributed by atoms with Gasteiger partial charge < -0.3 is 16.8 Å². The van der Waals surface area contributed by atoms with Crippen molar-refractivity contribution in [3.8, 4) is 0 Å². The maximum absolute atomic E-state index is 5.46. The Hall–Kier alpha value is -2.37. The molecule has 0 saturated heterocycles. The molecule has 0 fully saturated rings. The predicted octanol–water partition coefficient (Wildman–Crippen LogP) is 1.09. The SMILES string of the molecule is Cc1cccc(Nc2nc(N)nc(N)n2)c1. The zero-order valence-electron chi connectivity index (χ0n) is 8.81. The zero-order valence-corrected chi connectivity index (χ0v) is 8.81. The number of hydrogen-bond donors (Lipinski definition) is 3. The monoisotopic (exact) mass is 216 g/mol. The van der Waals surface area contributed by atoms with Gasteiger partial charge in [0.2, 0.25) is 17.8 Å². The van der Waals surface area contributed by atoms with Crippen LogP contribution in [0.5, 0.6) is 0 Å². The third-order valence-electron chi connectivity index (χ3n) is 1.94. The number of anilines is 4. The summed E-state index contributed by atoms with van der Waals surface area (Å²) >= 11 is 0. The van der Waals surface area contributed by atoms with Crippen molar-refractivity contribution in [3.05, 3.63) is 29.8 Å². The van der Waals surface area contributed by atoms with Gasteiger partial charge in [0.05, 0.1) is 0 Å². The predicted molar refractivity (Wildman–Crippen MR) is 63.1 cm³/mol. The summed E-state index contributed by atoms with van der Waals surface area (Å²) in [7, 11) is 0. The lowest BCUT2D eigenvalue weighted by atomic mass is 10.2. The van der Waals surface area contributed by atoms with Crippen LogP contribution in [0.1, 0.15) is 5.56 Å². The standard InChI is InChI=1S/C10H12N6/c1-6-3-2-4-7(5-6)13-10-15-8(11)14-9(12)16-10/h2-5H,1H3,(H5,11,12,13,14,15,16). The third kappa shape index (κ3) is 2.35. The summed E-state index contributed by atoms with van der Waals surface area (Å²) in [5.74, 6) is 0.543. The van der Waals surface area contributed by atoms with E-state index < -0.39 is 0 Å². The Kier molecular flexibility index (Phi) is 2.55. The molecule has 1 aromatic carbocycles. The summed E-state index contributed by atoms with van der Waals surface area (Å²) in [6.07, 6.45) is 0. The van der Waals surface area contributed by atoms with Crippen LogP contribution in [0, 0.1) is 6.92 Å². The zero-order chi connectivity index (χ0) is 11.5. The number of rotatable bonds is 2. The minimum atomic E-state index is 0.0997. The average molecular weight is 216 g/mol. The minimum absolute atomic E-state index is 0.0997. The Morgan fingerprint density at radius 2 is 1.75 bits per heavy atom. The second-order valence-electron chi connectivity index (χ2n) is 3.37. The number of benzene rings is 1.